The lowest BCUT2D eigenvalue weighted by atomic mass is 9.98. The SMILES string of the molecule is CCCCCCCCCC=CC(=O)N[C@H](COCCCCCCCCCCCCCCCC)CSC[C@H](NC(=O)OCC1c2ccccc2-c2ccccc21)C(=O)O. The van der Waals surface area contributed by atoms with Gasteiger partial charge in [-0.2, -0.15) is 11.8 Å². The van der Waals surface area contributed by atoms with E-state index in [1.807, 2.05) is 42.5 Å². The maximum atomic E-state index is 12.9. The number of amides is 2. The highest BCUT2D eigenvalue weighted by atomic mass is 32.2. The van der Waals surface area contributed by atoms with Crippen LogP contribution in [0.3, 0.4) is 0 Å². The molecule has 0 bridgehead atoms. The molecule has 0 heterocycles. The van der Waals surface area contributed by atoms with E-state index >= 15 is 0 Å². The Morgan fingerprint density at radius 1 is 0.672 bits per heavy atom. The Hall–Kier alpha value is -3.30. The quantitative estimate of drug-likeness (QED) is 0.0469. The Labute approximate surface area is 355 Å². The summed E-state index contributed by atoms with van der Waals surface area (Å²) in [7, 11) is 0. The average Bonchev–Trinajstić information content (AvgIpc) is 3.54. The molecule has 3 rings (SSSR count). The summed E-state index contributed by atoms with van der Waals surface area (Å²) in [6.07, 6.45) is 30.5. The summed E-state index contributed by atoms with van der Waals surface area (Å²) >= 11 is 1.37. The highest BCUT2D eigenvalue weighted by molar-refractivity contribution is 7.99. The van der Waals surface area contributed by atoms with Crippen molar-refractivity contribution in [3.05, 3.63) is 71.8 Å². The first-order valence-corrected chi connectivity index (χ1v) is 24.1. The van der Waals surface area contributed by atoms with Crippen LogP contribution in [0.4, 0.5) is 4.79 Å². The predicted octanol–water partition coefficient (Wildman–Crippen LogP) is 12.4. The molecule has 58 heavy (non-hydrogen) atoms. The first kappa shape index (κ1) is 49.1. The number of benzene rings is 2. The minimum absolute atomic E-state index is 0.108. The highest BCUT2D eigenvalue weighted by Crippen LogP contribution is 2.44. The first-order valence-electron chi connectivity index (χ1n) is 22.9. The lowest BCUT2D eigenvalue weighted by molar-refractivity contribution is -0.138. The number of fused-ring (bicyclic) bond motifs is 3. The molecule has 9 heteroatoms. The third kappa shape index (κ3) is 20.6. The number of unbranched alkanes of at least 4 members (excludes halogenated alkanes) is 20. The number of carbonyl (C=O) groups is 3. The maximum Gasteiger partial charge on any atom is 0.407 e. The second-order valence-corrected chi connectivity index (χ2v) is 17.2. The monoisotopic (exact) mass is 821 g/mol. The molecule has 2 amide bonds. The summed E-state index contributed by atoms with van der Waals surface area (Å²) in [6.45, 7) is 5.58. The molecule has 0 aromatic heterocycles. The summed E-state index contributed by atoms with van der Waals surface area (Å²) in [4.78, 5) is 38.0. The van der Waals surface area contributed by atoms with E-state index in [1.165, 1.54) is 127 Å². The summed E-state index contributed by atoms with van der Waals surface area (Å²) in [6, 6.07) is 14.7. The predicted molar refractivity (Wildman–Crippen MR) is 242 cm³/mol. The number of ether oxygens (including phenoxy) is 2. The minimum atomic E-state index is -1.14. The average molecular weight is 821 g/mol. The molecule has 0 radical (unpaired) electrons. The van der Waals surface area contributed by atoms with Gasteiger partial charge >= 0.3 is 12.1 Å². The summed E-state index contributed by atoms with van der Waals surface area (Å²) in [5.41, 5.74) is 4.44. The molecule has 2 atom stereocenters. The third-order valence-corrected chi connectivity index (χ3v) is 12.3. The van der Waals surface area contributed by atoms with Crippen molar-refractivity contribution in [3.63, 3.8) is 0 Å². The van der Waals surface area contributed by atoms with E-state index in [9.17, 15) is 19.5 Å². The van der Waals surface area contributed by atoms with Gasteiger partial charge in [-0.15, -0.1) is 0 Å². The summed E-state index contributed by atoms with van der Waals surface area (Å²) in [5, 5.41) is 15.6. The molecule has 0 unspecified atom stereocenters. The molecular weight excluding hydrogens is 745 g/mol. The molecule has 1 aliphatic rings. The van der Waals surface area contributed by atoms with Gasteiger partial charge in [0.05, 0.1) is 12.6 Å². The number of aliphatic carboxylic acids is 1. The van der Waals surface area contributed by atoms with Crippen molar-refractivity contribution < 1.29 is 29.0 Å². The molecule has 0 fully saturated rings. The minimum Gasteiger partial charge on any atom is -0.480 e. The van der Waals surface area contributed by atoms with Crippen LogP contribution in [0.1, 0.15) is 172 Å². The number of alkyl carbamates (subject to hydrolysis) is 1. The van der Waals surface area contributed by atoms with E-state index in [-0.39, 0.29) is 30.2 Å². The number of rotatable bonds is 35. The van der Waals surface area contributed by atoms with E-state index < -0.39 is 18.1 Å². The van der Waals surface area contributed by atoms with Crippen LogP contribution in [0, 0.1) is 0 Å². The van der Waals surface area contributed by atoms with E-state index in [4.69, 9.17) is 9.47 Å². The fraction of sp³-hybridized carbons (Fsp3) is 0.653. The standard InChI is InChI=1S/C49H76N2O6S/c1-3-5-7-9-11-13-14-15-16-17-19-21-23-29-35-56-36-40(50-47(52)34-24-22-20-18-12-10-8-6-4-2)38-58-39-46(48(53)54)51-49(55)57-37-45-43-32-27-25-30-41(43)42-31-26-28-33-44(42)45/h24-28,30-34,40,45-46H,3-23,29,35-39H2,1-2H3,(H,50,52)(H,51,55)(H,53,54)/t40-,46+/m1/s1. The number of hydrogen-bond acceptors (Lipinski definition) is 6. The Bertz CT molecular complexity index is 1400. The second kappa shape index (κ2) is 31.6. The van der Waals surface area contributed by atoms with Crippen LogP contribution in [-0.2, 0) is 19.1 Å². The van der Waals surface area contributed by atoms with Crippen molar-refractivity contribution in [2.24, 2.45) is 0 Å². The van der Waals surface area contributed by atoms with Gasteiger partial charge in [0, 0.05) is 24.0 Å². The number of allylic oxidation sites excluding steroid dienone is 1. The Morgan fingerprint density at radius 3 is 1.71 bits per heavy atom. The number of hydrogen-bond donors (Lipinski definition) is 3. The van der Waals surface area contributed by atoms with Gasteiger partial charge < -0.3 is 25.2 Å². The van der Waals surface area contributed by atoms with Crippen LogP contribution in [0.25, 0.3) is 11.1 Å². The van der Waals surface area contributed by atoms with Gasteiger partial charge in [0.25, 0.3) is 0 Å². The fourth-order valence-corrected chi connectivity index (χ4v) is 8.76. The van der Waals surface area contributed by atoms with Crippen LogP contribution < -0.4 is 10.6 Å². The van der Waals surface area contributed by atoms with Gasteiger partial charge in [-0.05, 0) is 47.6 Å². The molecule has 0 spiro atoms. The summed E-state index contributed by atoms with van der Waals surface area (Å²) < 4.78 is 11.7. The van der Waals surface area contributed by atoms with E-state index in [0.29, 0.717) is 19.0 Å². The van der Waals surface area contributed by atoms with Crippen molar-refractivity contribution in [2.75, 3.05) is 31.3 Å². The van der Waals surface area contributed by atoms with Crippen molar-refractivity contribution in [1.82, 2.24) is 10.6 Å². The zero-order valence-electron chi connectivity index (χ0n) is 36.0. The number of carbonyl (C=O) groups excluding carboxylic acids is 2. The van der Waals surface area contributed by atoms with E-state index in [0.717, 1.165) is 47.9 Å². The smallest absolute Gasteiger partial charge is 0.407 e. The Morgan fingerprint density at radius 2 is 1.17 bits per heavy atom. The number of carboxylic acid groups (broad SMARTS) is 1. The van der Waals surface area contributed by atoms with Crippen LogP contribution in [0.15, 0.2) is 60.7 Å². The van der Waals surface area contributed by atoms with Gasteiger partial charge in [-0.3, -0.25) is 4.79 Å². The van der Waals surface area contributed by atoms with E-state index in [1.54, 1.807) is 6.08 Å². The molecule has 2 aromatic carbocycles. The van der Waals surface area contributed by atoms with Crippen LogP contribution >= 0.6 is 11.8 Å². The van der Waals surface area contributed by atoms with Crippen LogP contribution in [-0.4, -0.2) is 66.5 Å². The molecule has 2 aromatic rings. The van der Waals surface area contributed by atoms with Crippen molar-refractivity contribution in [2.45, 2.75) is 173 Å². The van der Waals surface area contributed by atoms with Crippen molar-refractivity contribution >= 4 is 29.7 Å². The van der Waals surface area contributed by atoms with Crippen LogP contribution in [0.5, 0.6) is 0 Å². The van der Waals surface area contributed by atoms with E-state index in [2.05, 4.69) is 36.6 Å². The summed E-state index contributed by atoms with van der Waals surface area (Å²) in [5.74, 6) is -0.844. The Kier molecular flexibility index (Phi) is 26.7. The number of thioether (sulfide) groups is 1. The van der Waals surface area contributed by atoms with Gasteiger partial charge in [-0.1, -0.05) is 190 Å². The zero-order valence-corrected chi connectivity index (χ0v) is 36.8. The van der Waals surface area contributed by atoms with Gasteiger partial charge in [0.2, 0.25) is 5.91 Å². The second-order valence-electron chi connectivity index (χ2n) is 16.1. The molecule has 324 valence electrons. The lowest BCUT2D eigenvalue weighted by Crippen LogP contribution is -2.44. The number of nitrogens with one attached hydrogen (secondary N) is 2. The maximum absolute atomic E-state index is 12.9. The zero-order chi connectivity index (χ0) is 41.5. The fourth-order valence-electron chi connectivity index (χ4n) is 7.70. The molecular formula is C49H76N2O6S. The molecule has 8 nitrogen and oxygen atoms in total. The number of carboxylic acids is 1. The third-order valence-electron chi connectivity index (χ3n) is 11.1. The first-order chi connectivity index (χ1) is 28.4. The molecule has 3 N–H and O–H groups in total. The van der Waals surface area contributed by atoms with Gasteiger partial charge in [0.15, 0.2) is 0 Å². The molecule has 0 saturated carbocycles. The van der Waals surface area contributed by atoms with Crippen molar-refractivity contribution in [3.8, 4) is 11.1 Å². The van der Waals surface area contributed by atoms with Gasteiger partial charge in [0.1, 0.15) is 12.6 Å². The highest BCUT2D eigenvalue weighted by Gasteiger charge is 2.30. The largest absolute Gasteiger partial charge is 0.480 e. The topological polar surface area (TPSA) is 114 Å². The van der Waals surface area contributed by atoms with Gasteiger partial charge in [-0.25, -0.2) is 9.59 Å². The Balaban J connectivity index is 1.38. The molecule has 0 aliphatic heterocycles. The molecule has 1 aliphatic carbocycles. The lowest BCUT2D eigenvalue weighted by Gasteiger charge is -2.20. The van der Waals surface area contributed by atoms with Crippen molar-refractivity contribution in [1.29, 1.82) is 0 Å². The molecule has 0 saturated heterocycles. The normalized spacial score (nSPS) is 13.3. The van der Waals surface area contributed by atoms with Crippen LogP contribution in [0.2, 0.25) is 0 Å².